The Morgan fingerprint density at radius 1 is 1.20 bits per heavy atom. The Bertz CT molecular complexity index is 664. The SMILES string of the molecule is Cc1ccc(NC(=O)CCC2CCNCC2)cc1N1C(=O)CCC1=O. The van der Waals surface area contributed by atoms with E-state index in [1.54, 1.807) is 6.07 Å². The normalized spacial score (nSPS) is 18.7. The molecule has 2 aliphatic rings. The highest BCUT2D eigenvalue weighted by atomic mass is 16.2. The Morgan fingerprint density at radius 3 is 2.56 bits per heavy atom. The molecule has 0 spiro atoms. The molecule has 134 valence electrons. The van der Waals surface area contributed by atoms with E-state index in [0.29, 0.717) is 23.7 Å². The lowest BCUT2D eigenvalue weighted by atomic mass is 9.93. The second-order valence-corrected chi connectivity index (χ2v) is 6.90. The molecule has 1 aromatic rings. The lowest BCUT2D eigenvalue weighted by Crippen LogP contribution is -2.29. The summed E-state index contributed by atoms with van der Waals surface area (Å²) in [5.41, 5.74) is 2.04. The first-order chi connectivity index (χ1) is 12.0. The van der Waals surface area contributed by atoms with E-state index in [-0.39, 0.29) is 30.6 Å². The number of amides is 3. The Kier molecular flexibility index (Phi) is 5.48. The minimum atomic E-state index is -0.178. The van der Waals surface area contributed by atoms with Crippen molar-refractivity contribution in [3.05, 3.63) is 23.8 Å². The van der Waals surface area contributed by atoms with Crippen LogP contribution in [-0.2, 0) is 14.4 Å². The van der Waals surface area contributed by atoms with Crippen molar-refractivity contribution >= 4 is 29.1 Å². The van der Waals surface area contributed by atoms with Gasteiger partial charge in [0.25, 0.3) is 0 Å². The first kappa shape index (κ1) is 17.6. The van der Waals surface area contributed by atoms with Gasteiger partial charge in [0.05, 0.1) is 5.69 Å². The molecule has 2 N–H and O–H groups in total. The third-order valence-electron chi connectivity index (χ3n) is 5.02. The van der Waals surface area contributed by atoms with Crippen LogP contribution in [0.5, 0.6) is 0 Å². The van der Waals surface area contributed by atoms with Crippen LogP contribution in [0.2, 0.25) is 0 Å². The molecule has 0 aromatic heterocycles. The standard InChI is InChI=1S/C19H25N3O3/c1-13-2-4-15(12-16(13)22-18(24)6-7-19(22)25)21-17(23)5-3-14-8-10-20-11-9-14/h2,4,12,14,20H,3,5-11H2,1H3,(H,21,23). The molecule has 25 heavy (non-hydrogen) atoms. The molecule has 2 aliphatic heterocycles. The van der Waals surface area contributed by atoms with Gasteiger partial charge < -0.3 is 10.6 Å². The highest BCUT2D eigenvalue weighted by Crippen LogP contribution is 2.29. The number of carbonyl (C=O) groups excluding carboxylic acids is 3. The molecule has 6 heteroatoms. The van der Waals surface area contributed by atoms with E-state index in [1.807, 2.05) is 19.1 Å². The van der Waals surface area contributed by atoms with Gasteiger partial charge in [-0.15, -0.1) is 0 Å². The summed E-state index contributed by atoms with van der Waals surface area (Å²) in [6.45, 7) is 3.92. The van der Waals surface area contributed by atoms with Crippen LogP contribution in [0, 0.1) is 12.8 Å². The molecular weight excluding hydrogens is 318 g/mol. The molecule has 0 unspecified atom stereocenters. The molecule has 2 fully saturated rings. The Balaban J connectivity index is 1.62. The average molecular weight is 343 g/mol. The molecule has 0 aliphatic carbocycles. The van der Waals surface area contributed by atoms with Crippen molar-refractivity contribution in [1.82, 2.24) is 5.32 Å². The van der Waals surface area contributed by atoms with Crippen LogP contribution in [-0.4, -0.2) is 30.8 Å². The number of benzene rings is 1. The first-order valence-corrected chi connectivity index (χ1v) is 9.01. The van der Waals surface area contributed by atoms with Crippen molar-refractivity contribution in [2.75, 3.05) is 23.3 Å². The van der Waals surface area contributed by atoms with E-state index in [0.717, 1.165) is 37.9 Å². The topological polar surface area (TPSA) is 78.5 Å². The van der Waals surface area contributed by atoms with Crippen LogP contribution >= 0.6 is 0 Å². The fraction of sp³-hybridized carbons (Fsp3) is 0.526. The van der Waals surface area contributed by atoms with Crippen molar-refractivity contribution in [3.8, 4) is 0 Å². The maximum absolute atomic E-state index is 12.2. The molecule has 0 atom stereocenters. The van der Waals surface area contributed by atoms with E-state index in [2.05, 4.69) is 10.6 Å². The third kappa shape index (κ3) is 4.25. The Hall–Kier alpha value is -2.21. The fourth-order valence-electron chi connectivity index (χ4n) is 3.50. The molecule has 0 radical (unpaired) electrons. The summed E-state index contributed by atoms with van der Waals surface area (Å²) >= 11 is 0. The Labute approximate surface area is 148 Å². The van der Waals surface area contributed by atoms with Crippen LogP contribution in [0.3, 0.4) is 0 Å². The van der Waals surface area contributed by atoms with Crippen LogP contribution in [0.1, 0.15) is 44.1 Å². The van der Waals surface area contributed by atoms with Gasteiger partial charge in [-0.2, -0.15) is 0 Å². The zero-order chi connectivity index (χ0) is 17.8. The smallest absolute Gasteiger partial charge is 0.234 e. The fourth-order valence-corrected chi connectivity index (χ4v) is 3.50. The number of hydrogen-bond acceptors (Lipinski definition) is 4. The number of piperidine rings is 1. The number of anilines is 2. The number of rotatable bonds is 5. The van der Waals surface area contributed by atoms with E-state index in [1.165, 1.54) is 4.90 Å². The van der Waals surface area contributed by atoms with Gasteiger partial charge in [-0.3, -0.25) is 19.3 Å². The summed E-state index contributed by atoms with van der Waals surface area (Å²) in [5.74, 6) is 0.234. The maximum Gasteiger partial charge on any atom is 0.234 e. The number of imide groups is 1. The minimum absolute atomic E-state index is 0.0209. The summed E-state index contributed by atoms with van der Waals surface area (Å²) in [6, 6.07) is 5.36. The summed E-state index contributed by atoms with van der Waals surface area (Å²) < 4.78 is 0. The van der Waals surface area contributed by atoms with Crippen LogP contribution < -0.4 is 15.5 Å². The molecule has 0 bridgehead atoms. The van der Waals surface area contributed by atoms with Crippen molar-refractivity contribution in [2.24, 2.45) is 5.92 Å². The summed E-state index contributed by atoms with van der Waals surface area (Å²) in [7, 11) is 0. The van der Waals surface area contributed by atoms with Crippen LogP contribution in [0.15, 0.2) is 18.2 Å². The number of aryl methyl sites for hydroxylation is 1. The van der Waals surface area contributed by atoms with Crippen molar-refractivity contribution in [1.29, 1.82) is 0 Å². The van der Waals surface area contributed by atoms with Gasteiger partial charge in [-0.1, -0.05) is 6.07 Å². The average Bonchev–Trinajstić information content (AvgIpc) is 2.94. The van der Waals surface area contributed by atoms with Crippen molar-refractivity contribution in [2.45, 2.75) is 45.4 Å². The molecular formula is C19H25N3O3. The largest absolute Gasteiger partial charge is 0.326 e. The first-order valence-electron chi connectivity index (χ1n) is 9.01. The zero-order valence-electron chi connectivity index (χ0n) is 14.6. The number of hydrogen-bond donors (Lipinski definition) is 2. The van der Waals surface area contributed by atoms with Crippen molar-refractivity contribution < 1.29 is 14.4 Å². The van der Waals surface area contributed by atoms with E-state index >= 15 is 0 Å². The molecule has 3 rings (SSSR count). The minimum Gasteiger partial charge on any atom is -0.326 e. The van der Waals surface area contributed by atoms with Gasteiger partial charge in [0.1, 0.15) is 0 Å². The zero-order valence-corrected chi connectivity index (χ0v) is 14.6. The third-order valence-corrected chi connectivity index (χ3v) is 5.02. The highest BCUT2D eigenvalue weighted by Gasteiger charge is 2.31. The van der Waals surface area contributed by atoms with E-state index < -0.39 is 0 Å². The van der Waals surface area contributed by atoms with Gasteiger partial charge in [-0.25, -0.2) is 0 Å². The number of nitrogens with one attached hydrogen (secondary N) is 2. The van der Waals surface area contributed by atoms with Crippen LogP contribution in [0.25, 0.3) is 0 Å². The number of nitrogens with zero attached hydrogens (tertiary/aromatic N) is 1. The van der Waals surface area contributed by atoms with Gasteiger partial charge in [0, 0.05) is 24.9 Å². The molecule has 3 amide bonds. The second kappa shape index (κ2) is 7.78. The number of carbonyl (C=O) groups is 3. The van der Waals surface area contributed by atoms with Gasteiger partial charge >= 0.3 is 0 Å². The van der Waals surface area contributed by atoms with Gasteiger partial charge in [-0.05, 0) is 62.9 Å². The predicted octanol–water partition coefficient (Wildman–Crippen LogP) is 2.37. The quantitative estimate of drug-likeness (QED) is 0.805. The van der Waals surface area contributed by atoms with Gasteiger partial charge in [0.2, 0.25) is 17.7 Å². The van der Waals surface area contributed by atoms with Crippen LogP contribution in [0.4, 0.5) is 11.4 Å². The lowest BCUT2D eigenvalue weighted by Gasteiger charge is -2.22. The molecule has 2 heterocycles. The molecule has 0 saturated carbocycles. The predicted molar refractivity (Wildman–Crippen MR) is 96.4 cm³/mol. The Morgan fingerprint density at radius 2 is 1.88 bits per heavy atom. The maximum atomic E-state index is 12.2. The molecule has 2 saturated heterocycles. The van der Waals surface area contributed by atoms with E-state index in [9.17, 15) is 14.4 Å². The second-order valence-electron chi connectivity index (χ2n) is 6.90. The molecule has 1 aromatic carbocycles. The van der Waals surface area contributed by atoms with Crippen molar-refractivity contribution in [3.63, 3.8) is 0 Å². The summed E-state index contributed by atoms with van der Waals surface area (Å²) in [6.07, 6.45) is 4.16. The lowest BCUT2D eigenvalue weighted by molar-refractivity contribution is -0.121. The summed E-state index contributed by atoms with van der Waals surface area (Å²) in [5, 5.41) is 6.23. The van der Waals surface area contributed by atoms with E-state index in [4.69, 9.17) is 0 Å². The monoisotopic (exact) mass is 343 g/mol. The molecule has 6 nitrogen and oxygen atoms in total. The highest BCUT2D eigenvalue weighted by molar-refractivity contribution is 6.20. The van der Waals surface area contributed by atoms with Gasteiger partial charge in [0.15, 0.2) is 0 Å². The summed E-state index contributed by atoms with van der Waals surface area (Å²) in [4.78, 5) is 37.4.